The fraction of sp³-hybridized carbons (Fsp3) is 0.222. The number of benzene rings is 1. The van der Waals surface area contributed by atoms with Crippen molar-refractivity contribution in [3.63, 3.8) is 0 Å². The van der Waals surface area contributed by atoms with Crippen molar-refractivity contribution in [3.05, 3.63) is 94.1 Å². The average molecular weight is 535 g/mol. The number of aromatic amines is 1. The van der Waals surface area contributed by atoms with Crippen LogP contribution in [0.15, 0.2) is 67.3 Å². The molecule has 8 nitrogen and oxygen atoms in total. The summed E-state index contributed by atoms with van der Waals surface area (Å²) in [6.45, 7) is 3.40. The SMILES string of the molecule is C[C@@H](Oc1cc(-c2cnc3ccc(CN(C)Cc4ncc[nH]4)cn23)sc1CC(N)=O)c1ccccc1Cl. The smallest absolute Gasteiger partial charge is 0.222 e. The van der Waals surface area contributed by atoms with Crippen molar-refractivity contribution in [1.82, 2.24) is 24.3 Å². The summed E-state index contributed by atoms with van der Waals surface area (Å²) in [5.41, 5.74) is 9.32. The number of H-pyrrole nitrogens is 1. The van der Waals surface area contributed by atoms with Crippen LogP contribution in [-0.4, -0.2) is 37.2 Å². The highest BCUT2D eigenvalue weighted by molar-refractivity contribution is 7.15. The van der Waals surface area contributed by atoms with E-state index in [-0.39, 0.29) is 12.5 Å². The molecule has 10 heteroatoms. The third-order valence-corrected chi connectivity index (χ3v) is 7.48. The zero-order chi connectivity index (χ0) is 25.9. The lowest BCUT2D eigenvalue weighted by atomic mass is 10.1. The van der Waals surface area contributed by atoms with Crippen LogP contribution in [0, 0.1) is 0 Å². The van der Waals surface area contributed by atoms with Crippen molar-refractivity contribution in [1.29, 1.82) is 0 Å². The number of nitrogens with one attached hydrogen (secondary N) is 1. The lowest BCUT2D eigenvalue weighted by molar-refractivity contribution is -0.117. The summed E-state index contributed by atoms with van der Waals surface area (Å²) in [7, 11) is 2.06. The van der Waals surface area contributed by atoms with Gasteiger partial charge in [0.1, 0.15) is 23.3 Å². The van der Waals surface area contributed by atoms with E-state index in [1.165, 1.54) is 11.3 Å². The lowest BCUT2D eigenvalue weighted by Crippen LogP contribution is -2.18. The summed E-state index contributed by atoms with van der Waals surface area (Å²) in [5.74, 6) is 1.13. The van der Waals surface area contributed by atoms with Gasteiger partial charge in [-0.15, -0.1) is 11.3 Å². The Balaban J connectivity index is 1.43. The Bertz CT molecular complexity index is 1530. The first-order valence-corrected chi connectivity index (χ1v) is 13.0. The number of aromatic nitrogens is 4. The Hall–Kier alpha value is -3.66. The number of thiophene rings is 1. The average Bonchev–Trinajstić information content (AvgIpc) is 3.59. The maximum Gasteiger partial charge on any atom is 0.222 e. The number of carbonyl (C=O) groups excluding carboxylic acids is 1. The number of imidazole rings is 2. The van der Waals surface area contributed by atoms with Gasteiger partial charge < -0.3 is 15.5 Å². The van der Waals surface area contributed by atoms with Gasteiger partial charge in [-0.2, -0.15) is 0 Å². The molecule has 0 bridgehead atoms. The summed E-state index contributed by atoms with van der Waals surface area (Å²) in [4.78, 5) is 27.7. The molecule has 0 aliphatic heterocycles. The highest BCUT2D eigenvalue weighted by atomic mass is 35.5. The van der Waals surface area contributed by atoms with Crippen LogP contribution in [-0.2, 0) is 24.3 Å². The van der Waals surface area contributed by atoms with E-state index in [4.69, 9.17) is 22.1 Å². The van der Waals surface area contributed by atoms with Gasteiger partial charge in [0.05, 0.1) is 34.6 Å². The second-order valence-corrected chi connectivity index (χ2v) is 10.5. The Morgan fingerprint density at radius 2 is 2.08 bits per heavy atom. The third kappa shape index (κ3) is 5.69. The fourth-order valence-electron chi connectivity index (χ4n) is 4.29. The number of hydrogen-bond acceptors (Lipinski definition) is 6. The fourth-order valence-corrected chi connectivity index (χ4v) is 5.68. The molecule has 37 heavy (non-hydrogen) atoms. The Morgan fingerprint density at radius 3 is 2.84 bits per heavy atom. The molecule has 0 aliphatic rings. The number of nitrogens with zero attached hydrogens (tertiary/aromatic N) is 4. The topological polar surface area (TPSA) is 102 Å². The quantitative estimate of drug-likeness (QED) is 0.255. The summed E-state index contributed by atoms with van der Waals surface area (Å²) >= 11 is 7.86. The predicted octanol–water partition coefficient (Wildman–Crippen LogP) is 5.24. The molecule has 5 rings (SSSR count). The zero-order valence-corrected chi connectivity index (χ0v) is 22.1. The molecule has 0 saturated carbocycles. The number of fused-ring (bicyclic) bond motifs is 1. The molecule has 3 N–H and O–H groups in total. The van der Waals surface area contributed by atoms with Crippen LogP contribution in [0.2, 0.25) is 5.02 Å². The van der Waals surface area contributed by atoms with E-state index in [0.29, 0.717) is 17.3 Å². The summed E-state index contributed by atoms with van der Waals surface area (Å²) in [5, 5.41) is 0.633. The number of nitrogens with two attached hydrogens (primary N) is 1. The van der Waals surface area contributed by atoms with Gasteiger partial charge in [0.25, 0.3) is 0 Å². The molecule has 190 valence electrons. The third-order valence-electron chi connectivity index (χ3n) is 6.00. The van der Waals surface area contributed by atoms with Crippen LogP contribution in [0.3, 0.4) is 0 Å². The number of amides is 1. The largest absolute Gasteiger partial charge is 0.485 e. The second-order valence-electron chi connectivity index (χ2n) is 8.94. The minimum absolute atomic E-state index is 0.0921. The van der Waals surface area contributed by atoms with Gasteiger partial charge in [-0.05, 0) is 31.7 Å². The minimum atomic E-state index is -0.413. The van der Waals surface area contributed by atoms with E-state index in [1.54, 1.807) is 6.20 Å². The molecule has 5 aromatic rings. The van der Waals surface area contributed by atoms with Gasteiger partial charge in [0.2, 0.25) is 5.91 Å². The summed E-state index contributed by atoms with van der Waals surface area (Å²) in [6, 6.07) is 13.6. The molecule has 0 radical (unpaired) electrons. The molecule has 0 unspecified atom stereocenters. The molecule has 4 aromatic heterocycles. The minimum Gasteiger partial charge on any atom is -0.485 e. The molecule has 1 aromatic carbocycles. The highest BCUT2D eigenvalue weighted by Crippen LogP contribution is 2.39. The van der Waals surface area contributed by atoms with Crippen LogP contribution in [0.25, 0.3) is 16.2 Å². The van der Waals surface area contributed by atoms with Crippen molar-refractivity contribution in [3.8, 4) is 16.3 Å². The van der Waals surface area contributed by atoms with E-state index in [1.807, 2.05) is 55.7 Å². The van der Waals surface area contributed by atoms with Crippen LogP contribution < -0.4 is 10.5 Å². The van der Waals surface area contributed by atoms with Gasteiger partial charge >= 0.3 is 0 Å². The molecule has 1 amide bonds. The molecular weight excluding hydrogens is 508 g/mol. The van der Waals surface area contributed by atoms with Crippen molar-refractivity contribution >= 4 is 34.5 Å². The van der Waals surface area contributed by atoms with Crippen molar-refractivity contribution in [2.45, 2.75) is 32.5 Å². The second kappa shape index (κ2) is 10.8. The number of halogens is 1. The maximum atomic E-state index is 11.8. The number of primary amides is 1. The molecular formula is C27H27ClN6O2S. The van der Waals surface area contributed by atoms with E-state index in [2.05, 4.69) is 43.6 Å². The first-order chi connectivity index (χ1) is 17.9. The van der Waals surface area contributed by atoms with E-state index < -0.39 is 5.91 Å². The predicted molar refractivity (Wildman–Crippen MR) is 146 cm³/mol. The van der Waals surface area contributed by atoms with Crippen LogP contribution in [0.4, 0.5) is 0 Å². The first kappa shape index (κ1) is 25.0. The van der Waals surface area contributed by atoms with Crippen LogP contribution in [0.5, 0.6) is 5.75 Å². The molecule has 0 saturated heterocycles. The van der Waals surface area contributed by atoms with E-state index >= 15 is 0 Å². The van der Waals surface area contributed by atoms with Gasteiger partial charge in [0, 0.05) is 41.8 Å². The van der Waals surface area contributed by atoms with Crippen molar-refractivity contribution in [2.75, 3.05) is 7.05 Å². The van der Waals surface area contributed by atoms with Crippen molar-refractivity contribution in [2.24, 2.45) is 5.73 Å². The van der Waals surface area contributed by atoms with Gasteiger partial charge in [-0.1, -0.05) is 35.9 Å². The van der Waals surface area contributed by atoms with Crippen molar-refractivity contribution < 1.29 is 9.53 Å². The normalized spacial score (nSPS) is 12.3. The van der Waals surface area contributed by atoms with Gasteiger partial charge in [-0.3, -0.25) is 14.1 Å². The Labute approximate surface area is 223 Å². The first-order valence-electron chi connectivity index (χ1n) is 11.8. The van der Waals surface area contributed by atoms with Gasteiger partial charge in [-0.25, -0.2) is 9.97 Å². The highest BCUT2D eigenvalue weighted by Gasteiger charge is 2.20. The maximum absolute atomic E-state index is 11.8. The standard InChI is InChI=1S/C27H27ClN6O2S/c1-17(19-5-3-4-6-20(19)28)36-22-11-23(37-24(22)12-25(29)35)21-13-32-27-8-7-18(15-34(21)27)14-33(2)16-26-30-9-10-31-26/h3-11,13,15,17H,12,14,16H2,1-2H3,(H2,29,35)(H,30,31)/t17-/m1/s1. The Kier molecular flexibility index (Phi) is 7.27. The van der Waals surface area contributed by atoms with Crippen LogP contribution in [0.1, 0.15) is 34.9 Å². The number of ether oxygens (including phenoxy) is 1. The molecule has 0 aliphatic carbocycles. The zero-order valence-electron chi connectivity index (χ0n) is 20.5. The molecule has 4 heterocycles. The monoisotopic (exact) mass is 534 g/mol. The lowest BCUT2D eigenvalue weighted by Gasteiger charge is -2.16. The number of carbonyl (C=O) groups is 1. The van der Waals surface area contributed by atoms with E-state index in [9.17, 15) is 4.79 Å². The van der Waals surface area contributed by atoms with Gasteiger partial charge in [0.15, 0.2) is 0 Å². The summed E-state index contributed by atoms with van der Waals surface area (Å²) < 4.78 is 8.37. The number of pyridine rings is 1. The van der Waals surface area contributed by atoms with E-state index in [0.717, 1.165) is 44.6 Å². The summed E-state index contributed by atoms with van der Waals surface area (Å²) in [6.07, 6.45) is 7.31. The number of hydrogen-bond donors (Lipinski definition) is 2. The molecule has 1 atom stereocenters. The molecule has 0 spiro atoms. The molecule has 0 fully saturated rings. The number of rotatable bonds is 10. The Morgan fingerprint density at radius 1 is 1.24 bits per heavy atom. The van der Waals surface area contributed by atoms with Crippen LogP contribution >= 0.6 is 22.9 Å².